The molecule has 1 atom stereocenters. The van der Waals surface area contributed by atoms with Crippen molar-refractivity contribution < 1.29 is 0 Å². The Labute approximate surface area is 100 Å². The summed E-state index contributed by atoms with van der Waals surface area (Å²) in [6, 6.07) is 0. The number of rotatable bonds is 1. The lowest BCUT2D eigenvalue weighted by molar-refractivity contribution is 0.656. The van der Waals surface area contributed by atoms with Gasteiger partial charge in [0.15, 0.2) is 0 Å². The summed E-state index contributed by atoms with van der Waals surface area (Å²) in [5.74, 6) is 2.34. The first-order chi connectivity index (χ1) is 7.84. The van der Waals surface area contributed by atoms with Gasteiger partial charge in [0.25, 0.3) is 0 Å². The molecule has 86 valence electrons. The minimum Gasteiger partial charge on any atom is -0.307 e. The van der Waals surface area contributed by atoms with Gasteiger partial charge >= 0.3 is 0 Å². The topological polar surface area (TPSA) is 37.8 Å². The first-order valence-corrected chi connectivity index (χ1v) is 7.08. The minimum atomic E-state index is 0.540. The van der Waals surface area contributed by atoms with Crippen LogP contribution in [0.4, 0.5) is 0 Å². The summed E-state index contributed by atoms with van der Waals surface area (Å²) in [6.07, 6.45) is 3.93. The van der Waals surface area contributed by atoms with Crippen molar-refractivity contribution in [3.63, 3.8) is 0 Å². The number of hydrogen-bond acceptors (Lipinski definition) is 4. The average molecular weight is 235 g/mol. The van der Waals surface area contributed by atoms with Gasteiger partial charge in [-0.1, -0.05) is 6.42 Å². The van der Waals surface area contributed by atoms with Gasteiger partial charge in [0.1, 0.15) is 5.82 Å². The van der Waals surface area contributed by atoms with E-state index in [2.05, 4.69) is 12.2 Å². The van der Waals surface area contributed by atoms with Crippen LogP contribution in [0.1, 0.15) is 47.3 Å². The number of hydrogen-bond donors (Lipinski definition) is 1. The van der Waals surface area contributed by atoms with Gasteiger partial charge in [0.2, 0.25) is 0 Å². The Morgan fingerprint density at radius 3 is 3.00 bits per heavy atom. The molecule has 16 heavy (non-hydrogen) atoms. The van der Waals surface area contributed by atoms with Crippen molar-refractivity contribution in [3.05, 3.63) is 22.8 Å². The van der Waals surface area contributed by atoms with Crippen molar-refractivity contribution in [2.24, 2.45) is 0 Å². The zero-order chi connectivity index (χ0) is 11.0. The molecule has 3 nitrogen and oxygen atoms in total. The van der Waals surface area contributed by atoms with Crippen LogP contribution in [0.15, 0.2) is 0 Å². The number of fused-ring (bicyclic) bond motifs is 1. The van der Waals surface area contributed by atoms with E-state index in [9.17, 15) is 0 Å². The van der Waals surface area contributed by atoms with E-state index in [1.165, 1.54) is 42.0 Å². The Kier molecular flexibility index (Phi) is 2.86. The molecule has 0 spiro atoms. The van der Waals surface area contributed by atoms with Crippen LogP contribution in [0.5, 0.6) is 0 Å². The number of thioether (sulfide) groups is 1. The van der Waals surface area contributed by atoms with Crippen molar-refractivity contribution in [2.45, 2.75) is 44.5 Å². The van der Waals surface area contributed by atoms with Gasteiger partial charge in [0, 0.05) is 24.3 Å². The zero-order valence-corrected chi connectivity index (χ0v) is 10.4. The fraction of sp³-hybridized carbons (Fsp3) is 0.667. The molecule has 2 aliphatic heterocycles. The number of nitrogens with one attached hydrogen (secondary N) is 1. The van der Waals surface area contributed by atoms with Crippen molar-refractivity contribution in [1.82, 2.24) is 15.3 Å². The van der Waals surface area contributed by atoms with E-state index in [-0.39, 0.29) is 0 Å². The largest absolute Gasteiger partial charge is 0.307 e. The third-order valence-corrected chi connectivity index (χ3v) is 4.75. The molecular weight excluding hydrogens is 218 g/mol. The molecule has 0 amide bonds. The summed E-state index contributed by atoms with van der Waals surface area (Å²) < 4.78 is 0. The lowest BCUT2D eigenvalue weighted by Crippen LogP contribution is -2.10. The highest BCUT2D eigenvalue weighted by atomic mass is 32.2. The van der Waals surface area contributed by atoms with E-state index < -0.39 is 0 Å². The minimum absolute atomic E-state index is 0.540. The van der Waals surface area contributed by atoms with Crippen LogP contribution in [0, 0.1) is 6.92 Å². The molecule has 3 heterocycles. The van der Waals surface area contributed by atoms with Crippen molar-refractivity contribution in [3.8, 4) is 0 Å². The maximum absolute atomic E-state index is 4.74. The first kappa shape index (κ1) is 10.5. The third-order valence-electron chi connectivity index (χ3n) is 3.38. The molecule has 1 aromatic heterocycles. The normalized spacial score (nSPS) is 24.4. The molecule has 0 aromatic carbocycles. The van der Waals surface area contributed by atoms with E-state index in [0.29, 0.717) is 5.25 Å². The molecule has 2 aliphatic rings. The molecule has 1 unspecified atom stereocenters. The number of aromatic nitrogens is 2. The number of nitrogens with zero attached hydrogens (tertiary/aromatic N) is 2. The molecule has 0 saturated carbocycles. The SMILES string of the molecule is Cc1nc(C2CCCCS2)nc2c1CNC2. The van der Waals surface area contributed by atoms with Gasteiger partial charge in [-0.2, -0.15) is 11.8 Å². The van der Waals surface area contributed by atoms with Gasteiger partial charge in [-0.05, 0) is 25.5 Å². The van der Waals surface area contributed by atoms with Gasteiger partial charge in [0.05, 0.1) is 10.9 Å². The van der Waals surface area contributed by atoms with Crippen LogP contribution in [-0.2, 0) is 13.1 Å². The Hall–Kier alpha value is -0.610. The van der Waals surface area contributed by atoms with Crippen LogP contribution in [0.2, 0.25) is 0 Å². The van der Waals surface area contributed by atoms with Crippen molar-refractivity contribution in [2.75, 3.05) is 5.75 Å². The Morgan fingerprint density at radius 1 is 1.25 bits per heavy atom. The van der Waals surface area contributed by atoms with E-state index in [4.69, 9.17) is 9.97 Å². The molecule has 0 radical (unpaired) electrons. The van der Waals surface area contributed by atoms with Crippen molar-refractivity contribution in [1.29, 1.82) is 0 Å². The van der Waals surface area contributed by atoms with Crippen LogP contribution >= 0.6 is 11.8 Å². The summed E-state index contributed by atoms with van der Waals surface area (Å²) in [5, 5.41) is 3.89. The predicted molar refractivity (Wildman–Crippen MR) is 66.4 cm³/mol. The molecule has 0 aliphatic carbocycles. The standard InChI is InChI=1S/C12H17N3S/c1-8-9-6-13-7-10(9)15-12(14-8)11-4-2-3-5-16-11/h11,13H,2-7H2,1H3. The zero-order valence-electron chi connectivity index (χ0n) is 9.62. The molecule has 1 fully saturated rings. The quantitative estimate of drug-likeness (QED) is 0.811. The summed E-state index contributed by atoms with van der Waals surface area (Å²) in [6.45, 7) is 3.98. The van der Waals surface area contributed by atoms with E-state index >= 15 is 0 Å². The maximum Gasteiger partial charge on any atom is 0.141 e. The van der Waals surface area contributed by atoms with Gasteiger partial charge in [-0.25, -0.2) is 9.97 Å². The fourth-order valence-electron chi connectivity index (χ4n) is 2.45. The molecule has 3 rings (SSSR count). The monoisotopic (exact) mass is 235 g/mol. The Balaban J connectivity index is 1.92. The molecule has 1 N–H and O–H groups in total. The smallest absolute Gasteiger partial charge is 0.141 e. The predicted octanol–water partition coefficient (Wildman–Crippen LogP) is 2.35. The Morgan fingerprint density at radius 2 is 2.19 bits per heavy atom. The molecule has 0 bridgehead atoms. The maximum atomic E-state index is 4.74. The fourth-order valence-corrected chi connectivity index (χ4v) is 3.69. The van der Waals surface area contributed by atoms with E-state index in [1.807, 2.05) is 11.8 Å². The average Bonchev–Trinajstić information content (AvgIpc) is 2.79. The Bertz CT molecular complexity index is 399. The highest BCUT2D eigenvalue weighted by molar-refractivity contribution is 7.99. The molecule has 4 heteroatoms. The second-order valence-electron chi connectivity index (χ2n) is 4.55. The van der Waals surface area contributed by atoms with Crippen LogP contribution in [0.25, 0.3) is 0 Å². The molecule has 1 saturated heterocycles. The van der Waals surface area contributed by atoms with E-state index in [0.717, 1.165) is 18.9 Å². The summed E-state index contributed by atoms with van der Waals surface area (Å²) in [7, 11) is 0. The highest BCUT2D eigenvalue weighted by Crippen LogP contribution is 2.37. The summed E-state index contributed by atoms with van der Waals surface area (Å²) in [5.41, 5.74) is 3.73. The van der Waals surface area contributed by atoms with Crippen molar-refractivity contribution >= 4 is 11.8 Å². The van der Waals surface area contributed by atoms with Gasteiger partial charge < -0.3 is 5.32 Å². The lowest BCUT2D eigenvalue weighted by Gasteiger charge is -2.20. The number of aryl methyl sites for hydroxylation is 1. The first-order valence-electron chi connectivity index (χ1n) is 6.03. The second-order valence-corrected chi connectivity index (χ2v) is 5.86. The second kappa shape index (κ2) is 4.34. The lowest BCUT2D eigenvalue weighted by atomic mass is 10.1. The van der Waals surface area contributed by atoms with E-state index in [1.54, 1.807) is 0 Å². The van der Waals surface area contributed by atoms with Gasteiger partial charge in [-0.15, -0.1) is 0 Å². The van der Waals surface area contributed by atoms with Crippen LogP contribution in [0.3, 0.4) is 0 Å². The summed E-state index contributed by atoms with van der Waals surface area (Å²) >= 11 is 2.03. The molecule has 1 aromatic rings. The third kappa shape index (κ3) is 1.84. The molecular formula is C12H17N3S. The highest BCUT2D eigenvalue weighted by Gasteiger charge is 2.22. The van der Waals surface area contributed by atoms with Crippen LogP contribution < -0.4 is 5.32 Å². The van der Waals surface area contributed by atoms with Gasteiger partial charge in [-0.3, -0.25) is 0 Å². The van der Waals surface area contributed by atoms with Crippen LogP contribution in [-0.4, -0.2) is 15.7 Å². The summed E-state index contributed by atoms with van der Waals surface area (Å²) in [4.78, 5) is 9.44.